The number of hydrogen-bond donors (Lipinski definition) is 2. The second-order valence-corrected chi connectivity index (χ2v) is 8.98. The second kappa shape index (κ2) is 9.57. The maximum absolute atomic E-state index is 13.7. The largest absolute Gasteiger partial charge is 0.351 e. The summed E-state index contributed by atoms with van der Waals surface area (Å²) >= 11 is 1.67. The van der Waals surface area contributed by atoms with Gasteiger partial charge in [-0.15, -0.1) is 0 Å². The maximum atomic E-state index is 13.7. The van der Waals surface area contributed by atoms with E-state index in [1.54, 1.807) is 22.7 Å². The molecule has 6 nitrogen and oxygen atoms in total. The number of anilines is 1. The highest BCUT2D eigenvalue weighted by Gasteiger charge is 2.33. The van der Waals surface area contributed by atoms with Crippen LogP contribution < -0.4 is 10.2 Å². The van der Waals surface area contributed by atoms with Gasteiger partial charge in [0.1, 0.15) is 5.69 Å². The number of nitrogens with zero attached hydrogens (tertiary/aromatic N) is 2. The minimum absolute atomic E-state index is 0.253. The summed E-state index contributed by atoms with van der Waals surface area (Å²) < 4.78 is 0. The summed E-state index contributed by atoms with van der Waals surface area (Å²) in [7, 11) is 0. The molecule has 0 spiro atoms. The Kier molecular flexibility index (Phi) is 6.18. The number of hydrogen-bond acceptors (Lipinski definition) is 4. The van der Waals surface area contributed by atoms with E-state index >= 15 is 0 Å². The van der Waals surface area contributed by atoms with Crippen LogP contribution in [0.3, 0.4) is 0 Å². The molecule has 5 rings (SSSR count). The van der Waals surface area contributed by atoms with E-state index in [1.807, 2.05) is 85.1 Å². The van der Waals surface area contributed by atoms with Crippen molar-refractivity contribution in [2.45, 2.75) is 6.17 Å². The fraction of sp³-hybridized carbons (Fsp3) is 0.148. The Bertz CT molecular complexity index is 1350. The third-order valence-electron chi connectivity index (χ3n) is 5.82. The van der Waals surface area contributed by atoms with Crippen molar-refractivity contribution in [3.8, 4) is 0 Å². The Morgan fingerprint density at radius 2 is 1.76 bits per heavy atom. The fourth-order valence-electron chi connectivity index (χ4n) is 4.16. The lowest BCUT2D eigenvalue weighted by Crippen LogP contribution is -2.48. The molecule has 3 aromatic carbocycles. The lowest BCUT2D eigenvalue weighted by molar-refractivity contribution is -0.120. The molecule has 4 aromatic rings. The number of aliphatic imine (C=N–C) groups is 1. The topological polar surface area (TPSA) is 77.6 Å². The zero-order valence-electron chi connectivity index (χ0n) is 18.7. The Hall–Kier alpha value is -3.84. The number of carbonyl (C=O) groups excluding carboxylic acids is 2. The molecule has 1 aliphatic heterocycles. The molecule has 1 atom stereocenters. The van der Waals surface area contributed by atoms with E-state index in [4.69, 9.17) is 4.99 Å². The predicted molar refractivity (Wildman–Crippen MR) is 139 cm³/mol. The summed E-state index contributed by atoms with van der Waals surface area (Å²) in [6.45, 7) is 0.521. The summed E-state index contributed by atoms with van der Waals surface area (Å²) in [6, 6.07) is 27.0. The quantitative estimate of drug-likeness (QED) is 0.438. The van der Waals surface area contributed by atoms with E-state index in [0.717, 1.165) is 33.5 Å². The highest BCUT2D eigenvalue weighted by Crippen LogP contribution is 2.28. The second-order valence-electron chi connectivity index (χ2n) is 7.99. The van der Waals surface area contributed by atoms with Crippen LogP contribution in [0.4, 0.5) is 5.69 Å². The number of rotatable bonds is 6. The molecule has 34 heavy (non-hydrogen) atoms. The normalized spacial score (nSPS) is 15.6. The van der Waals surface area contributed by atoms with Gasteiger partial charge in [0, 0.05) is 34.3 Å². The Morgan fingerprint density at radius 3 is 2.56 bits per heavy atom. The molecule has 2 amide bonds. The minimum atomic E-state index is -1.05. The van der Waals surface area contributed by atoms with Gasteiger partial charge in [0.15, 0.2) is 0 Å². The van der Waals surface area contributed by atoms with E-state index in [2.05, 4.69) is 10.3 Å². The summed E-state index contributed by atoms with van der Waals surface area (Å²) in [4.78, 5) is 36.6. The number of thioether (sulfide) groups is 1. The number of benzene rings is 3. The van der Waals surface area contributed by atoms with Gasteiger partial charge in [-0.05, 0) is 24.5 Å². The monoisotopic (exact) mass is 468 g/mol. The van der Waals surface area contributed by atoms with Crippen molar-refractivity contribution in [1.82, 2.24) is 10.3 Å². The summed E-state index contributed by atoms with van der Waals surface area (Å²) in [6.07, 6.45) is 0.957. The van der Waals surface area contributed by atoms with Crippen molar-refractivity contribution in [3.05, 3.63) is 102 Å². The highest BCUT2D eigenvalue weighted by atomic mass is 32.2. The number of amides is 2. The van der Waals surface area contributed by atoms with Crippen molar-refractivity contribution >= 4 is 45.9 Å². The third kappa shape index (κ3) is 4.22. The molecule has 7 heteroatoms. The average molecular weight is 469 g/mol. The zero-order valence-corrected chi connectivity index (χ0v) is 19.5. The minimum Gasteiger partial charge on any atom is -0.351 e. The van der Waals surface area contributed by atoms with Crippen molar-refractivity contribution in [2.75, 3.05) is 23.5 Å². The molecule has 1 aliphatic rings. The number of aromatic amines is 1. The molecule has 0 saturated heterocycles. The first-order valence-corrected chi connectivity index (χ1v) is 12.5. The number of para-hydroxylation sites is 2. The lowest BCUT2D eigenvalue weighted by Gasteiger charge is -2.25. The fourth-order valence-corrected chi connectivity index (χ4v) is 4.53. The van der Waals surface area contributed by atoms with Gasteiger partial charge in [0.2, 0.25) is 6.17 Å². The molecule has 1 unspecified atom stereocenters. The Labute approximate surface area is 202 Å². The Balaban J connectivity index is 1.57. The van der Waals surface area contributed by atoms with Crippen LogP contribution >= 0.6 is 11.8 Å². The summed E-state index contributed by atoms with van der Waals surface area (Å²) in [5.41, 5.74) is 4.49. The van der Waals surface area contributed by atoms with Crippen molar-refractivity contribution in [2.24, 2.45) is 4.99 Å². The van der Waals surface area contributed by atoms with Crippen molar-refractivity contribution in [1.29, 1.82) is 0 Å². The van der Waals surface area contributed by atoms with Gasteiger partial charge < -0.3 is 15.2 Å². The van der Waals surface area contributed by atoms with E-state index in [1.165, 1.54) is 0 Å². The smallest absolute Gasteiger partial charge is 0.272 e. The van der Waals surface area contributed by atoms with Crippen LogP contribution in [-0.4, -0.2) is 47.2 Å². The molecular formula is C27H24N4O2S. The van der Waals surface area contributed by atoms with Gasteiger partial charge >= 0.3 is 0 Å². The number of fused-ring (bicyclic) bond motifs is 2. The molecule has 1 aromatic heterocycles. The van der Waals surface area contributed by atoms with Crippen molar-refractivity contribution < 1.29 is 9.59 Å². The van der Waals surface area contributed by atoms with Crippen LogP contribution in [0, 0.1) is 0 Å². The molecule has 2 N–H and O–H groups in total. The van der Waals surface area contributed by atoms with Gasteiger partial charge in [-0.25, -0.2) is 4.99 Å². The average Bonchev–Trinajstić information content (AvgIpc) is 3.28. The van der Waals surface area contributed by atoms with E-state index in [0.29, 0.717) is 18.0 Å². The summed E-state index contributed by atoms with van der Waals surface area (Å²) in [5.74, 6) is 0.141. The molecule has 0 saturated carbocycles. The molecule has 2 heterocycles. The van der Waals surface area contributed by atoms with Gasteiger partial charge in [-0.3, -0.25) is 9.59 Å². The van der Waals surface area contributed by atoms with Crippen LogP contribution in [0.15, 0.2) is 89.9 Å². The van der Waals surface area contributed by atoms with E-state index < -0.39 is 6.17 Å². The maximum Gasteiger partial charge on any atom is 0.272 e. The van der Waals surface area contributed by atoms with Gasteiger partial charge in [-0.1, -0.05) is 66.7 Å². The molecule has 170 valence electrons. The number of H-pyrrole nitrogens is 1. The molecule has 0 fully saturated rings. The SMILES string of the molecule is CSCCN1C(=O)C(NC(=O)c2cc3ccccc3[nH]2)N=C(c2ccccc2)c2ccccc21. The Morgan fingerprint density at radius 1 is 1.03 bits per heavy atom. The number of carbonyl (C=O) groups is 2. The van der Waals surface area contributed by atoms with Crippen LogP contribution in [0.2, 0.25) is 0 Å². The molecule has 0 aliphatic carbocycles. The number of benzodiazepines with no additional fused rings is 1. The third-order valence-corrected chi connectivity index (χ3v) is 6.41. The summed E-state index contributed by atoms with van der Waals surface area (Å²) in [5, 5.41) is 3.80. The van der Waals surface area contributed by atoms with Crippen LogP contribution in [-0.2, 0) is 4.79 Å². The highest BCUT2D eigenvalue weighted by molar-refractivity contribution is 7.98. The first-order chi connectivity index (χ1) is 16.7. The van der Waals surface area contributed by atoms with Crippen LogP contribution in [0.1, 0.15) is 21.6 Å². The first kappa shape index (κ1) is 22.0. The molecule has 0 bridgehead atoms. The van der Waals surface area contributed by atoms with Gasteiger partial charge in [-0.2, -0.15) is 11.8 Å². The van der Waals surface area contributed by atoms with Gasteiger partial charge in [0.25, 0.3) is 11.8 Å². The van der Waals surface area contributed by atoms with Crippen LogP contribution in [0.5, 0.6) is 0 Å². The van der Waals surface area contributed by atoms with E-state index in [-0.39, 0.29) is 11.8 Å². The standard InChI is InChI=1S/C27H24N4O2S/c1-34-16-15-31-23-14-8-6-12-20(23)24(18-9-3-2-4-10-18)29-25(27(31)33)30-26(32)22-17-19-11-5-7-13-21(19)28-22/h2-14,17,25,28H,15-16H2,1H3,(H,30,32). The van der Waals surface area contributed by atoms with E-state index in [9.17, 15) is 9.59 Å². The predicted octanol–water partition coefficient (Wildman–Crippen LogP) is 4.47. The number of nitrogens with one attached hydrogen (secondary N) is 2. The lowest BCUT2D eigenvalue weighted by atomic mass is 10.0. The molecule has 0 radical (unpaired) electrons. The number of aromatic nitrogens is 1. The first-order valence-electron chi connectivity index (χ1n) is 11.1. The molecular weight excluding hydrogens is 444 g/mol. The van der Waals surface area contributed by atoms with Gasteiger partial charge in [0.05, 0.1) is 11.4 Å². The van der Waals surface area contributed by atoms with Crippen molar-refractivity contribution in [3.63, 3.8) is 0 Å². The zero-order chi connectivity index (χ0) is 23.5. The van der Waals surface area contributed by atoms with Crippen LogP contribution in [0.25, 0.3) is 10.9 Å².